The largest absolute Gasteiger partial charge is 0.330 e. The molecule has 0 aliphatic rings. The molecule has 0 heterocycles. The molecule has 0 aromatic heterocycles. The van der Waals surface area contributed by atoms with Crippen LogP contribution >= 0.6 is 11.8 Å². The van der Waals surface area contributed by atoms with Gasteiger partial charge in [0.1, 0.15) is 0 Å². The van der Waals surface area contributed by atoms with Crippen LogP contribution in [-0.4, -0.2) is 31.6 Å². The second-order valence-corrected chi connectivity index (χ2v) is 5.48. The fourth-order valence-corrected chi connectivity index (χ4v) is 2.04. The number of unbranched alkanes of at least 4 members (excludes halogenated alkanes) is 2. The second-order valence-electron chi connectivity index (χ2n) is 4.50. The van der Waals surface area contributed by atoms with Crippen molar-refractivity contribution in [2.75, 3.05) is 31.6 Å². The monoisotopic (exact) mass is 232 g/mol. The van der Waals surface area contributed by atoms with Crippen LogP contribution in [0.2, 0.25) is 0 Å². The van der Waals surface area contributed by atoms with E-state index in [0.29, 0.717) is 11.8 Å². The van der Waals surface area contributed by atoms with E-state index < -0.39 is 0 Å². The van der Waals surface area contributed by atoms with Crippen LogP contribution in [0.3, 0.4) is 0 Å². The first-order valence-corrected chi connectivity index (χ1v) is 7.51. The molecule has 0 aliphatic carbocycles. The van der Waals surface area contributed by atoms with Crippen LogP contribution in [0.1, 0.15) is 33.1 Å². The number of thioether (sulfide) groups is 1. The first kappa shape index (κ1) is 15.3. The molecule has 3 heteroatoms. The lowest BCUT2D eigenvalue weighted by atomic mass is 9.96. The highest BCUT2D eigenvalue weighted by Crippen LogP contribution is 2.07. The van der Waals surface area contributed by atoms with Crippen LogP contribution in [0.4, 0.5) is 0 Å². The van der Waals surface area contributed by atoms with Gasteiger partial charge in [-0.3, -0.25) is 0 Å². The van der Waals surface area contributed by atoms with Gasteiger partial charge in [0.25, 0.3) is 0 Å². The number of rotatable bonds is 10. The van der Waals surface area contributed by atoms with Gasteiger partial charge in [-0.05, 0) is 56.3 Å². The van der Waals surface area contributed by atoms with Crippen LogP contribution in [0.15, 0.2) is 0 Å². The number of nitrogens with two attached hydrogens (primary N) is 1. The van der Waals surface area contributed by atoms with Gasteiger partial charge in [0, 0.05) is 0 Å². The molecule has 0 aliphatic heterocycles. The summed E-state index contributed by atoms with van der Waals surface area (Å²) in [5, 5.41) is 3.51. The number of hydrogen-bond donors (Lipinski definition) is 2. The summed E-state index contributed by atoms with van der Waals surface area (Å²) in [6, 6.07) is 0. The Labute approximate surface area is 99.8 Å². The van der Waals surface area contributed by atoms with Crippen molar-refractivity contribution < 1.29 is 0 Å². The molecule has 0 aromatic carbocycles. The fourth-order valence-electron chi connectivity index (χ4n) is 1.55. The van der Waals surface area contributed by atoms with Crippen molar-refractivity contribution >= 4 is 11.8 Å². The predicted molar refractivity (Wildman–Crippen MR) is 72.5 cm³/mol. The summed E-state index contributed by atoms with van der Waals surface area (Å²) in [6.07, 6.45) is 6.18. The van der Waals surface area contributed by atoms with Crippen molar-refractivity contribution in [3.63, 3.8) is 0 Å². The van der Waals surface area contributed by atoms with E-state index in [2.05, 4.69) is 25.4 Å². The van der Waals surface area contributed by atoms with E-state index in [1.165, 1.54) is 25.0 Å². The molecule has 0 bridgehead atoms. The van der Waals surface area contributed by atoms with Gasteiger partial charge in [-0.15, -0.1) is 0 Å². The predicted octanol–water partition coefficient (Wildman–Crippen LogP) is 2.34. The molecule has 1 atom stereocenters. The van der Waals surface area contributed by atoms with E-state index in [1.807, 2.05) is 11.8 Å². The summed E-state index contributed by atoms with van der Waals surface area (Å²) < 4.78 is 0. The summed E-state index contributed by atoms with van der Waals surface area (Å²) in [4.78, 5) is 0. The Morgan fingerprint density at radius 1 is 1.20 bits per heavy atom. The lowest BCUT2D eigenvalue weighted by Gasteiger charge is -2.19. The summed E-state index contributed by atoms with van der Waals surface area (Å²) in [6.45, 7) is 7.53. The summed E-state index contributed by atoms with van der Waals surface area (Å²) in [5.41, 5.74) is 5.71. The van der Waals surface area contributed by atoms with Gasteiger partial charge in [-0.2, -0.15) is 11.8 Å². The van der Waals surface area contributed by atoms with E-state index in [9.17, 15) is 0 Å². The number of hydrogen-bond acceptors (Lipinski definition) is 3. The lowest BCUT2D eigenvalue weighted by molar-refractivity contribution is 0.370. The maximum atomic E-state index is 5.71. The third-order valence-electron chi connectivity index (χ3n) is 2.85. The van der Waals surface area contributed by atoms with E-state index in [-0.39, 0.29) is 0 Å². The van der Waals surface area contributed by atoms with Gasteiger partial charge in [0.2, 0.25) is 0 Å². The normalized spacial score (nSPS) is 13.4. The summed E-state index contributed by atoms with van der Waals surface area (Å²) in [7, 11) is 0. The Bertz CT molecular complexity index is 129. The van der Waals surface area contributed by atoms with Crippen molar-refractivity contribution in [1.29, 1.82) is 0 Å². The minimum atomic E-state index is 0.635. The van der Waals surface area contributed by atoms with E-state index in [1.54, 1.807) is 0 Å². The maximum absolute atomic E-state index is 5.71. The molecule has 0 rings (SSSR count). The highest BCUT2D eigenvalue weighted by molar-refractivity contribution is 7.98. The third-order valence-corrected chi connectivity index (χ3v) is 3.55. The quantitative estimate of drug-likeness (QED) is 0.568. The molecule has 0 amide bonds. The molecule has 0 saturated heterocycles. The maximum Gasteiger partial charge on any atom is -0.000600 e. The zero-order chi connectivity index (χ0) is 11.5. The van der Waals surface area contributed by atoms with Crippen LogP contribution in [0, 0.1) is 11.8 Å². The average Bonchev–Trinajstić information content (AvgIpc) is 2.21. The van der Waals surface area contributed by atoms with Crippen LogP contribution in [0.5, 0.6) is 0 Å². The van der Waals surface area contributed by atoms with Crippen LogP contribution in [0.25, 0.3) is 0 Å². The highest BCUT2D eigenvalue weighted by atomic mass is 32.2. The molecule has 2 nitrogen and oxygen atoms in total. The Hall–Kier alpha value is 0.270. The standard InChI is InChI=1S/C12H28N2S/c1-11(2)12(9-13)10-14-7-5-4-6-8-15-3/h11-12,14H,4-10,13H2,1-3H3. The van der Waals surface area contributed by atoms with E-state index in [4.69, 9.17) is 5.73 Å². The van der Waals surface area contributed by atoms with E-state index in [0.717, 1.165) is 19.6 Å². The molecule has 1 unspecified atom stereocenters. The number of nitrogens with one attached hydrogen (secondary N) is 1. The Morgan fingerprint density at radius 3 is 2.47 bits per heavy atom. The molecule has 92 valence electrons. The first-order valence-electron chi connectivity index (χ1n) is 6.12. The Kier molecular flexibility index (Phi) is 11.0. The topological polar surface area (TPSA) is 38.0 Å². The molecule has 0 radical (unpaired) electrons. The lowest BCUT2D eigenvalue weighted by Crippen LogP contribution is -2.32. The van der Waals surface area contributed by atoms with Crippen molar-refractivity contribution in [2.24, 2.45) is 17.6 Å². The van der Waals surface area contributed by atoms with Gasteiger partial charge in [0.15, 0.2) is 0 Å². The Morgan fingerprint density at radius 2 is 1.93 bits per heavy atom. The third kappa shape index (κ3) is 9.21. The van der Waals surface area contributed by atoms with Gasteiger partial charge in [-0.1, -0.05) is 20.3 Å². The fraction of sp³-hybridized carbons (Fsp3) is 1.00. The summed E-state index contributed by atoms with van der Waals surface area (Å²) >= 11 is 1.94. The average molecular weight is 232 g/mol. The van der Waals surface area contributed by atoms with Gasteiger partial charge in [-0.25, -0.2) is 0 Å². The smallest absolute Gasteiger partial charge is 0.000600 e. The SMILES string of the molecule is CSCCCCCNCC(CN)C(C)C. The minimum absolute atomic E-state index is 0.635. The first-order chi connectivity index (χ1) is 7.22. The van der Waals surface area contributed by atoms with Crippen molar-refractivity contribution in [3.8, 4) is 0 Å². The molecule has 0 fully saturated rings. The molecule has 0 saturated carbocycles. The zero-order valence-electron chi connectivity index (χ0n) is 10.6. The van der Waals surface area contributed by atoms with E-state index >= 15 is 0 Å². The summed E-state index contributed by atoms with van der Waals surface area (Å²) in [5.74, 6) is 2.63. The molecule has 15 heavy (non-hydrogen) atoms. The minimum Gasteiger partial charge on any atom is -0.330 e. The van der Waals surface area contributed by atoms with Crippen molar-refractivity contribution in [2.45, 2.75) is 33.1 Å². The van der Waals surface area contributed by atoms with Crippen molar-refractivity contribution in [1.82, 2.24) is 5.32 Å². The van der Waals surface area contributed by atoms with Crippen LogP contribution < -0.4 is 11.1 Å². The second kappa shape index (κ2) is 10.8. The van der Waals surface area contributed by atoms with Crippen molar-refractivity contribution in [3.05, 3.63) is 0 Å². The van der Waals surface area contributed by atoms with Gasteiger partial charge >= 0.3 is 0 Å². The molecule has 0 aromatic rings. The Balaban J connectivity index is 3.22. The molecule has 3 N–H and O–H groups in total. The zero-order valence-corrected chi connectivity index (χ0v) is 11.4. The molecular formula is C12H28N2S. The van der Waals surface area contributed by atoms with Gasteiger partial charge < -0.3 is 11.1 Å². The molecular weight excluding hydrogens is 204 g/mol. The molecule has 0 spiro atoms. The van der Waals surface area contributed by atoms with Gasteiger partial charge in [0.05, 0.1) is 0 Å². The van der Waals surface area contributed by atoms with Crippen LogP contribution in [-0.2, 0) is 0 Å². The highest BCUT2D eigenvalue weighted by Gasteiger charge is 2.09.